The molecule has 0 N–H and O–H groups in total. The predicted octanol–water partition coefficient (Wildman–Crippen LogP) is 1.00. The molecule has 1 aromatic carbocycles. The van der Waals surface area contributed by atoms with Crippen molar-refractivity contribution in [2.75, 3.05) is 13.3 Å². The first kappa shape index (κ1) is 9.67. The van der Waals surface area contributed by atoms with Crippen LogP contribution in [0.25, 0.3) is 0 Å². The van der Waals surface area contributed by atoms with Crippen LogP contribution in [0.5, 0.6) is 5.75 Å². The molecule has 2 amide bonds. The summed E-state index contributed by atoms with van der Waals surface area (Å²) in [7, 11) is 0. The summed E-state index contributed by atoms with van der Waals surface area (Å²) in [4.78, 5) is 23.5. The molecule has 0 atom stereocenters. The second-order valence-corrected chi connectivity index (χ2v) is 2.98. The Labute approximate surface area is 86.2 Å². The number of rotatable bonds is 1. The quantitative estimate of drug-likeness (QED) is 0.689. The lowest BCUT2D eigenvalue weighted by atomic mass is 10.3. The summed E-state index contributed by atoms with van der Waals surface area (Å²) in [5, 5.41) is 0. The van der Waals surface area contributed by atoms with Gasteiger partial charge in [0, 0.05) is 0 Å². The summed E-state index contributed by atoms with van der Waals surface area (Å²) in [6.07, 6.45) is -0.705. The van der Waals surface area contributed by atoms with Gasteiger partial charge in [0.05, 0.1) is 0 Å². The van der Waals surface area contributed by atoms with Gasteiger partial charge in [-0.2, -0.15) is 0 Å². The molecular weight excluding hydrogens is 198 g/mol. The van der Waals surface area contributed by atoms with Crippen molar-refractivity contribution in [1.29, 1.82) is 0 Å². The molecule has 5 nitrogen and oxygen atoms in total. The minimum absolute atomic E-state index is 0.0372. The molecule has 1 fully saturated rings. The topological polar surface area (TPSA) is 55.8 Å². The van der Waals surface area contributed by atoms with Crippen molar-refractivity contribution < 1.29 is 19.1 Å². The Kier molecular flexibility index (Phi) is 2.64. The van der Waals surface area contributed by atoms with Crippen molar-refractivity contribution in [3.05, 3.63) is 30.3 Å². The fourth-order valence-electron chi connectivity index (χ4n) is 1.17. The van der Waals surface area contributed by atoms with E-state index in [4.69, 9.17) is 9.47 Å². The van der Waals surface area contributed by atoms with Gasteiger partial charge < -0.3 is 9.47 Å². The molecule has 0 saturated carbocycles. The third-order valence-electron chi connectivity index (χ3n) is 1.92. The molecule has 1 heterocycles. The van der Waals surface area contributed by atoms with Crippen LogP contribution < -0.4 is 4.74 Å². The lowest BCUT2D eigenvalue weighted by Gasteiger charge is -2.11. The molecule has 15 heavy (non-hydrogen) atoms. The Balaban J connectivity index is 2.01. The molecule has 1 aromatic rings. The van der Waals surface area contributed by atoms with Gasteiger partial charge in [-0.1, -0.05) is 18.2 Å². The molecule has 0 radical (unpaired) electrons. The van der Waals surface area contributed by atoms with E-state index in [0.29, 0.717) is 5.75 Å². The summed E-state index contributed by atoms with van der Waals surface area (Å²) in [6.45, 7) is -0.103. The zero-order chi connectivity index (χ0) is 10.7. The molecule has 78 valence electrons. The van der Waals surface area contributed by atoms with E-state index in [1.807, 2.05) is 0 Å². The van der Waals surface area contributed by atoms with Gasteiger partial charge in [0.2, 0.25) is 0 Å². The number of imide groups is 1. The van der Waals surface area contributed by atoms with Crippen molar-refractivity contribution in [2.45, 2.75) is 0 Å². The van der Waals surface area contributed by atoms with Crippen LogP contribution in [0.3, 0.4) is 0 Å². The number of benzene rings is 1. The van der Waals surface area contributed by atoms with Crippen molar-refractivity contribution >= 4 is 12.0 Å². The summed E-state index contributed by atoms with van der Waals surface area (Å²) in [5.41, 5.74) is 0. The van der Waals surface area contributed by atoms with Crippen LogP contribution in [0.1, 0.15) is 0 Å². The first-order valence-corrected chi connectivity index (χ1v) is 4.42. The normalized spacial score (nSPS) is 15.5. The molecular formula is C10H9NO4. The molecule has 1 saturated heterocycles. The van der Waals surface area contributed by atoms with E-state index < -0.39 is 6.09 Å². The molecule has 5 heteroatoms. The Bertz CT molecular complexity index is 376. The van der Waals surface area contributed by atoms with Gasteiger partial charge in [0.1, 0.15) is 19.1 Å². The molecule has 0 aromatic heterocycles. The Morgan fingerprint density at radius 1 is 1.33 bits per heavy atom. The number of hydrogen-bond donors (Lipinski definition) is 0. The minimum Gasteiger partial charge on any atom is -0.410 e. The average Bonchev–Trinajstić information content (AvgIpc) is 2.66. The Morgan fingerprint density at radius 3 is 2.67 bits per heavy atom. The Hall–Kier alpha value is -1.88. The lowest BCUT2D eigenvalue weighted by Crippen LogP contribution is -2.35. The highest BCUT2D eigenvalue weighted by molar-refractivity contribution is 5.94. The number of carbonyl (C=O) groups is 2. The molecule has 1 aliphatic rings. The number of carbonyl (C=O) groups excluding carboxylic acids is 2. The van der Waals surface area contributed by atoms with Crippen molar-refractivity contribution in [3.8, 4) is 5.75 Å². The molecule has 1 aliphatic heterocycles. The van der Waals surface area contributed by atoms with Crippen molar-refractivity contribution in [3.63, 3.8) is 0 Å². The predicted molar refractivity (Wildman–Crippen MR) is 50.1 cm³/mol. The third-order valence-corrected chi connectivity index (χ3v) is 1.92. The highest BCUT2D eigenvalue weighted by atomic mass is 16.6. The van der Waals surface area contributed by atoms with E-state index in [1.165, 1.54) is 0 Å². The molecule has 0 aliphatic carbocycles. The van der Waals surface area contributed by atoms with Gasteiger partial charge >= 0.3 is 6.09 Å². The monoisotopic (exact) mass is 207 g/mol. The van der Waals surface area contributed by atoms with Gasteiger partial charge in [-0.3, -0.25) is 4.79 Å². The summed E-state index contributed by atoms with van der Waals surface area (Å²) >= 11 is 0. The minimum atomic E-state index is -0.705. The van der Waals surface area contributed by atoms with Crippen LogP contribution in [0.4, 0.5) is 4.79 Å². The van der Waals surface area contributed by atoms with E-state index in [2.05, 4.69) is 0 Å². The van der Waals surface area contributed by atoms with Gasteiger partial charge in [-0.25, -0.2) is 9.69 Å². The maximum atomic E-state index is 11.4. The first-order valence-electron chi connectivity index (χ1n) is 4.42. The lowest BCUT2D eigenvalue weighted by molar-refractivity contribution is -0.125. The molecule has 2 rings (SSSR count). The van der Waals surface area contributed by atoms with Gasteiger partial charge in [-0.15, -0.1) is 0 Å². The zero-order valence-electron chi connectivity index (χ0n) is 7.88. The SMILES string of the molecule is O=C1COCN1C(=O)Oc1ccccc1. The highest BCUT2D eigenvalue weighted by Gasteiger charge is 2.28. The fourth-order valence-corrected chi connectivity index (χ4v) is 1.17. The van der Waals surface area contributed by atoms with Crippen LogP contribution >= 0.6 is 0 Å². The van der Waals surface area contributed by atoms with E-state index in [-0.39, 0.29) is 19.2 Å². The van der Waals surface area contributed by atoms with Crippen LogP contribution in [-0.2, 0) is 9.53 Å². The van der Waals surface area contributed by atoms with E-state index >= 15 is 0 Å². The first-order chi connectivity index (χ1) is 7.27. The zero-order valence-corrected chi connectivity index (χ0v) is 7.88. The highest BCUT2D eigenvalue weighted by Crippen LogP contribution is 2.11. The fraction of sp³-hybridized carbons (Fsp3) is 0.200. The van der Waals surface area contributed by atoms with Crippen molar-refractivity contribution in [2.24, 2.45) is 0 Å². The number of para-hydroxylation sites is 1. The van der Waals surface area contributed by atoms with E-state index in [1.54, 1.807) is 30.3 Å². The number of amides is 2. The Morgan fingerprint density at radius 2 is 2.07 bits per heavy atom. The van der Waals surface area contributed by atoms with Gasteiger partial charge in [-0.05, 0) is 12.1 Å². The smallest absolute Gasteiger partial charge is 0.410 e. The van der Waals surface area contributed by atoms with Crippen LogP contribution in [0, 0.1) is 0 Å². The maximum Gasteiger partial charge on any atom is 0.424 e. The maximum absolute atomic E-state index is 11.4. The van der Waals surface area contributed by atoms with Gasteiger partial charge in [0.15, 0.2) is 0 Å². The van der Waals surface area contributed by atoms with Crippen LogP contribution in [-0.4, -0.2) is 30.2 Å². The number of hydrogen-bond acceptors (Lipinski definition) is 4. The summed E-state index contributed by atoms with van der Waals surface area (Å²) in [6, 6.07) is 8.57. The van der Waals surface area contributed by atoms with Crippen LogP contribution in [0.15, 0.2) is 30.3 Å². The summed E-state index contributed by atoms with van der Waals surface area (Å²) in [5.74, 6) is 0.0260. The van der Waals surface area contributed by atoms with Gasteiger partial charge in [0.25, 0.3) is 5.91 Å². The second-order valence-electron chi connectivity index (χ2n) is 2.98. The summed E-state index contributed by atoms with van der Waals surface area (Å²) < 4.78 is 9.76. The van der Waals surface area contributed by atoms with E-state index in [9.17, 15) is 9.59 Å². The largest absolute Gasteiger partial charge is 0.424 e. The second kappa shape index (κ2) is 4.10. The van der Waals surface area contributed by atoms with Crippen molar-refractivity contribution in [1.82, 2.24) is 4.90 Å². The number of nitrogens with zero attached hydrogens (tertiary/aromatic N) is 1. The third kappa shape index (κ3) is 2.13. The number of ether oxygens (including phenoxy) is 2. The van der Waals surface area contributed by atoms with E-state index in [0.717, 1.165) is 4.90 Å². The molecule has 0 unspecified atom stereocenters. The van der Waals surface area contributed by atoms with Crippen LogP contribution in [0.2, 0.25) is 0 Å². The average molecular weight is 207 g/mol. The molecule has 0 bridgehead atoms. The molecule has 0 spiro atoms. The standard InChI is InChI=1S/C10H9NO4/c12-9-6-14-7-11(9)10(13)15-8-4-2-1-3-5-8/h1-5H,6-7H2.